The smallest absolute Gasteiger partial charge is 0.423 e. The number of piperazine rings is 1. The van der Waals surface area contributed by atoms with Crippen molar-refractivity contribution >= 4 is 46.0 Å². The van der Waals surface area contributed by atoms with Crippen LogP contribution in [0.1, 0.15) is 36.1 Å². The van der Waals surface area contributed by atoms with Crippen LogP contribution in [0, 0.1) is 10.1 Å². The molecule has 1 aromatic carbocycles. The maximum Gasteiger partial charge on any atom is 0.423 e. The molecular weight excluding hydrogens is 595 g/mol. The average Bonchev–Trinajstić information content (AvgIpc) is 3.38. The number of nitro groups is 1. The molecule has 1 amide bonds. The van der Waals surface area contributed by atoms with E-state index >= 15 is 0 Å². The minimum atomic E-state index is -4.82. The third-order valence-electron chi connectivity index (χ3n) is 7.47. The summed E-state index contributed by atoms with van der Waals surface area (Å²) in [6.07, 6.45) is -0.0824. The Hall–Kier alpha value is -3.58. The van der Waals surface area contributed by atoms with Crippen LogP contribution in [0.15, 0.2) is 48.7 Å². The van der Waals surface area contributed by atoms with E-state index < -0.39 is 22.4 Å². The van der Waals surface area contributed by atoms with Crippen LogP contribution in [0.3, 0.4) is 0 Å². The molecule has 9 nitrogen and oxygen atoms in total. The number of anilines is 2. The van der Waals surface area contributed by atoms with Crippen molar-refractivity contribution < 1.29 is 27.6 Å². The summed E-state index contributed by atoms with van der Waals surface area (Å²) in [6.45, 7) is 2.51. The number of pyridine rings is 1. The summed E-state index contributed by atoms with van der Waals surface area (Å²) in [7, 11) is 0. The van der Waals surface area contributed by atoms with Crippen LogP contribution >= 0.6 is 22.9 Å². The average molecular weight is 624 g/mol. The summed E-state index contributed by atoms with van der Waals surface area (Å²) in [4.78, 5) is 32.1. The van der Waals surface area contributed by atoms with Crippen molar-refractivity contribution in [1.29, 1.82) is 0 Å². The van der Waals surface area contributed by atoms with Crippen molar-refractivity contribution in [3.8, 4) is 5.75 Å². The zero-order chi connectivity index (χ0) is 29.9. The van der Waals surface area contributed by atoms with Gasteiger partial charge in [0.05, 0.1) is 21.8 Å². The fourth-order valence-corrected chi connectivity index (χ4v) is 6.38. The fourth-order valence-electron chi connectivity index (χ4n) is 5.30. The highest BCUT2D eigenvalue weighted by molar-refractivity contribution is 7.16. The van der Waals surface area contributed by atoms with Gasteiger partial charge in [-0.3, -0.25) is 14.9 Å². The Balaban J connectivity index is 1.10. The minimum absolute atomic E-state index is 0.0545. The lowest BCUT2D eigenvalue weighted by Crippen LogP contribution is -2.49. The van der Waals surface area contributed by atoms with Crippen LogP contribution in [0.4, 0.5) is 30.4 Å². The number of thiophene rings is 1. The third-order valence-corrected chi connectivity index (χ3v) is 8.71. The molecule has 1 aliphatic heterocycles. The van der Waals surface area contributed by atoms with Gasteiger partial charge in [0.15, 0.2) is 0 Å². The molecule has 2 aliphatic rings. The lowest BCUT2D eigenvalue weighted by atomic mass is 9.92. The molecule has 1 saturated heterocycles. The molecule has 0 bridgehead atoms. The Morgan fingerprint density at radius 3 is 2.48 bits per heavy atom. The van der Waals surface area contributed by atoms with Gasteiger partial charge in [0.25, 0.3) is 5.69 Å². The van der Waals surface area contributed by atoms with Crippen LogP contribution in [0.2, 0.25) is 4.34 Å². The number of rotatable bonds is 8. The second-order valence-electron chi connectivity index (χ2n) is 10.3. The number of carbonyl (C=O) groups excluding carboxylic acids is 1. The number of hydrogen-bond donors (Lipinski definition) is 1. The number of amides is 1. The summed E-state index contributed by atoms with van der Waals surface area (Å²) in [5.74, 6) is 1.55. The Morgan fingerprint density at radius 2 is 1.83 bits per heavy atom. The van der Waals surface area contributed by atoms with E-state index in [-0.39, 0.29) is 23.7 Å². The molecule has 5 rings (SSSR count). The van der Waals surface area contributed by atoms with Crippen molar-refractivity contribution in [2.45, 2.75) is 50.4 Å². The van der Waals surface area contributed by atoms with Gasteiger partial charge in [-0.05, 0) is 56.0 Å². The first-order valence-electron chi connectivity index (χ1n) is 13.6. The first-order valence-corrected chi connectivity index (χ1v) is 14.8. The number of benzene rings is 1. The van der Waals surface area contributed by atoms with Crippen molar-refractivity contribution in [1.82, 2.24) is 9.88 Å². The van der Waals surface area contributed by atoms with E-state index in [2.05, 4.69) is 15.2 Å². The van der Waals surface area contributed by atoms with E-state index in [0.717, 1.165) is 22.8 Å². The Morgan fingerprint density at radius 1 is 1.10 bits per heavy atom. The van der Waals surface area contributed by atoms with E-state index in [1.165, 1.54) is 17.4 Å². The zero-order valence-corrected chi connectivity index (χ0v) is 24.1. The second-order valence-corrected chi connectivity index (χ2v) is 12.1. The molecule has 1 aliphatic carbocycles. The van der Waals surface area contributed by atoms with Crippen molar-refractivity contribution in [2.75, 3.05) is 36.4 Å². The number of halogens is 4. The summed E-state index contributed by atoms with van der Waals surface area (Å²) in [5, 5.41) is 14.1. The molecule has 224 valence electrons. The van der Waals surface area contributed by atoms with Crippen LogP contribution in [0.5, 0.6) is 5.75 Å². The Kier molecular flexibility index (Phi) is 9.07. The van der Waals surface area contributed by atoms with Gasteiger partial charge in [-0.2, -0.15) is 13.2 Å². The molecule has 2 aromatic heterocycles. The summed E-state index contributed by atoms with van der Waals surface area (Å²) in [5.41, 5.74) is -2.02. The molecule has 0 unspecified atom stereocenters. The summed E-state index contributed by atoms with van der Waals surface area (Å²) >= 11 is 7.39. The van der Waals surface area contributed by atoms with Gasteiger partial charge < -0.3 is 19.9 Å². The lowest BCUT2D eigenvalue weighted by molar-refractivity contribution is -0.388. The van der Waals surface area contributed by atoms with Crippen molar-refractivity contribution in [3.05, 3.63) is 73.6 Å². The van der Waals surface area contributed by atoms with Gasteiger partial charge in [-0.1, -0.05) is 11.6 Å². The normalized spacial score (nSPS) is 19.4. The highest BCUT2D eigenvalue weighted by atomic mass is 35.5. The fraction of sp³-hybridized carbons (Fsp3) is 0.429. The molecule has 1 saturated carbocycles. The Labute approximate surface area is 249 Å². The molecule has 2 fully saturated rings. The van der Waals surface area contributed by atoms with Gasteiger partial charge in [0.2, 0.25) is 5.91 Å². The lowest BCUT2D eigenvalue weighted by Gasteiger charge is -2.35. The van der Waals surface area contributed by atoms with E-state index in [0.29, 0.717) is 68.4 Å². The topological polar surface area (TPSA) is 101 Å². The molecule has 0 spiro atoms. The van der Waals surface area contributed by atoms with E-state index in [9.17, 15) is 28.1 Å². The standard InChI is InChI=1S/C28H29ClF3N5O4S/c29-25-8-6-22(42-25)17-27(38)36-13-11-35(12-14-36)26-16-21(9-10-33-26)41-20-4-1-18(2-5-20)34-19-3-7-24(37(39)40)23(15-19)28(30,31)32/h3,6-10,15-16,18,20,34H,1-2,4-5,11-14,17H2/t18-,20-. The largest absolute Gasteiger partial charge is 0.490 e. The third kappa shape index (κ3) is 7.43. The molecule has 0 radical (unpaired) electrons. The Bertz CT molecular complexity index is 1420. The monoisotopic (exact) mass is 623 g/mol. The van der Waals surface area contributed by atoms with E-state index in [1.54, 1.807) is 18.3 Å². The maximum atomic E-state index is 13.3. The van der Waals surface area contributed by atoms with Gasteiger partial charge in [0, 0.05) is 61.1 Å². The summed E-state index contributed by atoms with van der Waals surface area (Å²) < 4.78 is 46.9. The number of carbonyl (C=O) groups is 1. The molecule has 3 heterocycles. The zero-order valence-electron chi connectivity index (χ0n) is 22.5. The summed E-state index contributed by atoms with van der Waals surface area (Å²) in [6, 6.07) is 10.3. The van der Waals surface area contributed by atoms with E-state index in [4.69, 9.17) is 16.3 Å². The highest BCUT2D eigenvalue weighted by Gasteiger charge is 2.38. The van der Waals surface area contributed by atoms with Gasteiger partial charge >= 0.3 is 6.18 Å². The number of ether oxygens (including phenoxy) is 1. The van der Waals surface area contributed by atoms with Gasteiger partial charge in [-0.15, -0.1) is 11.3 Å². The number of aromatic nitrogens is 1. The van der Waals surface area contributed by atoms with Crippen molar-refractivity contribution in [3.63, 3.8) is 0 Å². The molecule has 42 heavy (non-hydrogen) atoms. The quantitative estimate of drug-likeness (QED) is 0.228. The molecule has 14 heteroatoms. The number of nitrogens with one attached hydrogen (secondary N) is 1. The number of hydrogen-bond acceptors (Lipinski definition) is 8. The first-order chi connectivity index (χ1) is 20.0. The second kappa shape index (κ2) is 12.7. The number of alkyl halides is 3. The van der Waals surface area contributed by atoms with Gasteiger partial charge in [-0.25, -0.2) is 4.98 Å². The van der Waals surface area contributed by atoms with Crippen LogP contribution in [-0.2, 0) is 17.4 Å². The molecular formula is C28H29ClF3N5O4S. The SMILES string of the molecule is O=C(Cc1ccc(Cl)s1)N1CCN(c2cc(O[C@H]3CC[C@H](Nc4ccc([N+](=O)[O-])c(C(F)(F)F)c4)CC3)ccn2)CC1. The highest BCUT2D eigenvalue weighted by Crippen LogP contribution is 2.38. The molecule has 3 aromatic rings. The number of nitro benzene ring substituents is 1. The van der Waals surface area contributed by atoms with Crippen molar-refractivity contribution in [2.24, 2.45) is 0 Å². The van der Waals surface area contributed by atoms with E-state index in [1.807, 2.05) is 17.0 Å². The predicted molar refractivity (Wildman–Crippen MR) is 154 cm³/mol. The molecule has 1 N–H and O–H groups in total. The predicted octanol–water partition coefficient (Wildman–Crippen LogP) is 6.42. The maximum absolute atomic E-state index is 13.3. The van der Waals surface area contributed by atoms with Crippen LogP contribution in [-0.4, -0.2) is 59.0 Å². The minimum Gasteiger partial charge on any atom is -0.490 e. The first kappa shape index (κ1) is 29.9. The van der Waals surface area contributed by atoms with Crippen LogP contribution in [0.25, 0.3) is 0 Å². The van der Waals surface area contributed by atoms with Gasteiger partial charge in [0.1, 0.15) is 17.1 Å². The number of nitrogens with zero attached hydrogens (tertiary/aromatic N) is 4. The molecule has 0 atom stereocenters. The van der Waals surface area contributed by atoms with Crippen LogP contribution < -0.4 is 15.0 Å².